The third-order valence-corrected chi connectivity index (χ3v) is 3.09. The molecule has 0 aromatic heterocycles. The summed E-state index contributed by atoms with van der Waals surface area (Å²) in [6.45, 7) is 4.50. The zero-order valence-electron chi connectivity index (χ0n) is 8.69. The number of hydrogen-bond donors (Lipinski definition) is 0. The van der Waals surface area contributed by atoms with Crippen molar-refractivity contribution in [1.29, 1.82) is 0 Å². The van der Waals surface area contributed by atoms with Gasteiger partial charge in [0, 0.05) is 20.6 Å². The molecule has 1 nitrogen and oxygen atoms in total. The molecule has 15 heavy (non-hydrogen) atoms. The molecule has 0 saturated carbocycles. The Bertz CT molecular complexity index is 316. The molecule has 1 atom stereocenters. The minimum absolute atomic E-state index is 0.202. The van der Waals surface area contributed by atoms with Crippen molar-refractivity contribution in [3.63, 3.8) is 0 Å². The van der Waals surface area contributed by atoms with Gasteiger partial charge in [0.15, 0.2) is 0 Å². The smallest absolute Gasteiger partial charge is 0.0749 e. The molecule has 1 rings (SSSR count). The average molecular weight is 268 g/mol. The molecule has 1 aromatic rings. The minimum atomic E-state index is 0.202. The van der Waals surface area contributed by atoms with Gasteiger partial charge < -0.3 is 4.74 Å². The Kier molecular flexibility index (Phi) is 5.20. The first-order valence-corrected chi connectivity index (χ1v) is 5.93. The molecule has 0 spiro atoms. The Morgan fingerprint density at radius 1 is 1.20 bits per heavy atom. The van der Waals surface area contributed by atoms with Crippen molar-refractivity contribution in [3.05, 3.63) is 32.8 Å². The normalized spacial score (nSPS) is 12.9. The van der Waals surface area contributed by atoms with Crippen molar-refractivity contribution in [2.24, 2.45) is 0 Å². The van der Waals surface area contributed by atoms with Crippen LogP contribution in [0.5, 0.6) is 0 Å². The maximum Gasteiger partial charge on any atom is 0.0749 e. The first-order chi connectivity index (χ1) is 7.04. The molecule has 0 aliphatic carbocycles. The van der Waals surface area contributed by atoms with Crippen molar-refractivity contribution >= 4 is 34.8 Å². The lowest BCUT2D eigenvalue weighted by Gasteiger charge is -2.12. The number of hydrogen-bond acceptors (Lipinski definition) is 1. The van der Waals surface area contributed by atoms with Crippen molar-refractivity contribution < 1.29 is 4.74 Å². The summed E-state index contributed by atoms with van der Waals surface area (Å²) in [6.07, 6.45) is 1.16. The first kappa shape index (κ1) is 13.1. The van der Waals surface area contributed by atoms with E-state index in [1.807, 2.05) is 6.92 Å². The average Bonchev–Trinajstić information content (AvgIpc) is 2.15. The van der Waals surface area contributed by atoms with Gasteiger partial charge in [-0.3, -0.25) is 0 Å². The van der Waals surface area contributed by atoms with E-state index in [2.05, 4.69) is 6.92 Å². The van der Waals surface area contributed by atoms with Crippen LogP contribution in [0.4, 0.5) is 0 Å². The molecule has 1 unspecified atom stereocenters. The maximum atomic E-state index is 6.01. The molecule has 0 fully saturated rings. The van der Waals surface area contributed by atoms with Crippen LogP contribution in [0.25, 0.3) is 0 Å². The number of rotatable bonds is 4. The Morgan fingerprint density at radius 3 is 2.20 bits per heavy atom. The second-order valence-corrected chi connectivity index (χ2v) is 4.63. The molecule has 0 heterocycles. The van der Waals surface area contributed by atoms with E-state index in [0.29, 0.717) is 21.7 Å². The highest BCUT2D eigenvalue weighted by Gasteiger charge is 2.09. The number of halogens is 3. The van der Waals surface area contributed by atoms with E-state index in [0.717, 1.165) is 12.0 Å². The third-order valence-electron chi connectivity index (χ3n) is 2.19. The number of benzene rings is 1. The largest absolute Gasteiger partial charge is 0.374 e. The molecule has 4 heteroatoms. The topological polar surface area (TPSA) is 9.23 Å². The van der Waals surface area contributed by atoms with Crippen LogP contribution in [-0.4, -0.2) is 6.10 Å². The zero-order chi connectivity index (χ0) is 11.4. The monoisotopic (exact) mass is 266 g/mol. The van der Waals surface area contributed by atoms with Crippen LogP contribution in [0.15, 0.2) is 12.1 Å². The summed E-state index contributed by atoms with van der Waals surface area (Å²) in [5.41, 5.74) is 0.794. The van der Waals surface area contributed by atoms with Crippen LogP contribution in [0, 0.1) is 0 Å². The van der Waals surface area contributed by atoms with Crippen LogP contribution in [0.3, 0.4) is 0 Å². The van der Waals surface area contributed by atoms with E-state index in [-0.39, 0.29) is 6.10 Å². The Labute approximate surface area is 105 Å². The van der Waals surface area contributed by atoms with Crippen molar-refractivity contribution in [2.45, 2.75) is 33.0 Å². The molecule has 0 amide bonds. The molecule has 0 bridgehead atoms. The highest BCUT2D eigenvalue weighted by atomic mass is 35.5. The third kappa shape index (κ3) is 3.84. The molecule has 0 radical (unpaired) electrons. The van der Waals surface area contributed by atoms with Gasteiger partial charge in [0.1, 0.15) is 0 Å². The van der Waals surface area contributed by atoms with E-state index in [1.165, 1.54) is 0 Å². The molecule has 0 N–H and O–H groups in total. The van der Waals surface area contributed by atoms with E-state index < -0.39 is 0 Å². The fourth-order valence-electron chi connectivity index (χ4n) is 1.05. The molecule has 84 valence electrons. The molecular weight excluding hydrogens is 254 g/mol. The van der Waals surface area contributed by atoms with E-state index in [9.17, 15) is 0 Å². The van der Waals surface area contributed by atoms with Crippen LogP contribution < -0.4 is 0 Å². The predicted molar refractivity (Wildman–Crippen MR) is 66.0 cm³/mol. The van der Waals surface area contributed by atoms with E-state index in [4.69, 9.17) is 39.5 Å². The van der Waals surface area contributed by atoms with Gasteiger partial charge in [-0.05, 0) is 25.5 Å². The summed E-state index contributed by atoms with van der Waals surface area (Å²) in [4.78, 5) is 0. The van der Waals surface area contributed by atoms with Gasteiger partial charge in [-0.2, -0.15) is 0 Å². The van der Waals surface area contributed by atoms with Crippen LogP contribution in [-0.2, 0) is 11.3 Å². The van der Waals surface area contributed by atoms with Gasteiger partial charge >= 0.3 is 0 Å². The van der Waals surface area contributed by atoms with E-state index >= 15 is 0 Å². The summed E-state index contributed by atoms with van der Waals surface area (Å²) in [7, 11) is 0. The zero-order valence-corrected chi connectivity index (χ0v) is 11.0. The highest BCUT2D eigenvalue weighted by molar-refractivity contribution is 6.39. The molecular formula is C11H13Cl3O. The van der Waals surface area contributed by atoms with Gasteiger partial charge in [0.2, 0.25) is 0 Å². The van der Waals surface area contributed by atoms with Gasteiger partial charge in [0.25, 0.3) is 0 Å². The van der Waals surface area contributed by atoms with Crippen LogP contribution in [0.2, 0.25) is 15.1 Å². The Balaban J connectivity index is 2.77. The standard InChI is InChI=1S/C11H13Cl3O/c1-3-7(2)15-6-9-10(13)4-8(12)5-11(9)14/h4-5,7H,3,6H2,1-2H3. The fourth-order valence-corrected chi connectivity index (χ4v) is 1.98. The Hall–Kier alpha value is 0.0500. The molecule has 0 saturated heterocycles. The van der Waals surface area contributed by atoms with Crippen molar-refractivity contribution in [2.75, 3.05) is 0 Å². The molecule has 1 aromatic carbocycles. The SMILES string of the molecule is CCC(C)OCc1c(Cl)cc(Cl)cc1Cl. The lowest BCUT2D eigenvalue weighted by atomic mass is 10.2. The lowest BCUT2D eigenvalue weighted by molar-refractivity contribution is 0.0509. The lowest BCUT2D eigenvalue weighted by Crippen LogP contribution is -2.06. The first-order valence-electron chi connectivity index (χ1n) is 4.79. The fraction of sp³-hybridized carbons (Fsp3) is 0.455. The second-order valence-electron chi connectivity index (χ2n) is 3.38. The van der Waals surface area contributed by atoms with Crippen molar-refractivity contribution in [1.82, 2.24) is 0 Å². The highest BCUT2D eigenvalue weighted by Crippen LogP contribution is 2.29. The van der Waals surface area contributed by atoms with Crippen LogP contribution >= 0.6 is 34.8 Å². The number of ether oxygens (including phenoxy) is 1. The predicted octanol–water partition coefficient (Wildman–Crippen LogP) is 4.96. The van der Waals surface area contributed by atoms with Crippen LogP contribution in [0.1, 0.15) is 25.8 Å². The van der Waals surface area contributed by atoms with Gasteiger partial charge in [-0.15, -0.1) is 0 Å². The summed E-state index contributed by atoms with van der Waals surface area (Å²) in [6, 6.07) is 3.34. The minimum Gasteiger partial charge on any atom is -0.374 e. The maximum absolute atomic E-state index is 6.01. The summed E-state index contributed by atoms with van der Waals surface area (Å²) >= 11 is 17.8. The summed E-state index contributed by atoms with van der Waals surface area (Å²) in [5, 5.41) is 1.64. The van der Waals surface area contributed by atoms with Gasteiger partial charge in [0.05, 0.1) is 12.7 Å². The Morgan fingerprint density at radius 2 is 1.73 bits per heavy atom. The van der Waals surface area contributed by atoms with Crippen molar-refractivity contribution in [3.8, 4) is 0 Å². The molecule has 0 aliphatic heterocycles. The second kappa shape index (κ2) is 5.95. The summed E-state index contributed by atoms with van der Waals surface area (Å²) in [5.74, 6) is 0. The van der Waals surface area contributed by atoms with Gasteiger partial charge in [-0.25, -0.2) is 0 Å². The van der Waals surface area contributed by atoms with Gasteiger partial charge in [-0.1, -0.05) is 41.7 Å². The quantitative estimate of drug-likeness (QED) is 0.749. The molecule has 0 aliphatic rings. The summed E-state index contributed by atoms with van der Waals surface area (Å²) < 4.78 is 5.57. The van der Waals surface area contributed by atoms with E-state index in [1.54, 1.807) is 12.1 Å².